The molecule has 0 radical (unpaired) electrons. The molecule has 0 aromatic heterocycles. The number of nitrogens with zero attached hydrogens (tertiary/aromatic N) is 2. The molecule has 2 N–H and O–H groups in total. The lowest BCUT2D eigenvalue weighted by atomic mass is 9.82. The van der Waals surface area contributed by atoms with E-state index in [1.807, 2.05) is 32.7 Å². The second-order valence-electron chi connectivity index (χ2n) is 8.55. The van der Waals surface area contributed by atoms with E-state index < -0.39 is 17.7 Å². The van der Waals surface area contributed by atoms with E-state index in [1.165, 1.54) is 17.8 Å². The number of hydrogen-bond acceptors (Lipinski definition) is 5. The first-order valence-corrected chi connectivity index (χ1v) is 10.9. The lowest BCUT2D eigenvalue weighted by molar-refractivity contribution is -0.140. The SMILES string of the molecule is CN1CCS/C1=N\NC(=O)C(=O)C(NC(=O)/C=C/C(C)(C)C)C1CCCCC1. The topological polar surface area (TPSA) is 90.9 Å². The van der Waals surface area contributed by atoms with E-state index in [1.54, 1.807) is 6.08 Å². The third-order valence-electron chi connectivity index (χ3n) is 4.90. The van der Waals surface area contributed by atoms with Crippen LogP contribution in [0.5, 0.6) is 0 Å². The summed E-state index contributed by atoms with van der Waals surface area (Å²) in [5, 5.41) is 7.52. The molecule has 1 heterocycles. The molecule has 0 spiro atoms. The third-order valence-corrected chi connectivity index (χ3v) is 5.95. The van der Waals surface area contributed by atoms with Crippen molar-refractivity contribution in [2.24, 2.45) is 16.4 Å². The van der Waals surface area contributed by atoms with Gasteiger partial charge in [-0.1, -0.05) is 57.9 Å². The summed E-state index contributed by atoms with van der Waals surface area (Å²) in [6.45, 7) is 6.83. The number of allylic oxidation sites excluding steroid dienone is 1. The van der Waals surface area contributed by atoms with Gasteiger partial charge in [-0.05, 0) is 30.3 Å². The van der Waals surface area contributed by atoms with E-state index in [9.17, 15) is 14.4 Å². The molecule has 1 saturated carbocycles. The van der Waals surface area contributed by atoms with E-state index in [0.29, 0.717) is 5.17 Å². The van der Waals surface area contributed by atoms with Gasteiger partial charge in [-0.15, -0.1) is 5.10 Å². The van der Waals surface area contributed by atoms with Crippen LogP contribution in [0.3, 0.4) is 0 Å². The first-order chi connectivity index (χ1) is 13.2. The van der Waals surface area contributed by atoms with Crippen LogP contribution in [0.25, 0.3) is 0 Å². The van der Waals surface area contributed by atoms with Crippen molar-refractivity contribution in [1.29, 1.82) is 0 Å². The highest BCUT2D eigenvalue weighted by atomic mass is 32.2. The number of carbonyl (C=O) groups excluding carboxylic acids is 3. The average molecular weight is 409 g/mol. The highest BCUT2D eigenvalue weighted by Gasteiger charge is 2.34. The van der Waals surface area contributed by atoms with Crippen molar-refractivity contribution in [3.05, 3.63) is 12.2 Å². The maximum atomic E-state index is 12.8. The van der Waals surface area contributed by atoms with Crippen LogP contribution in [0.15, 0.2) is 17.3 Å². The molecule has 7 nitrogen and oxygen atoms in total. The molecule has 2 fully saturated rings. The van der Waals surface area contributed by atoms with Gasteiger partial charge in [-0.25, -0.2) is 5.43 Å². The number of nitrogens with one attached hydrogen (secondary N) is 2. The van der Waals surface area contributed by atoms with E-state index in [4.69, 9.17) is 0 Å². The van der Waals surface area contributed by atoms with E-state index in [-0.39, 0.29) is 17.2 Å². The molecule has 2 rings (SSSR count). The van der Waals surface area contributed by atoms with Crippen molar-refractivity contribution in [3.63, 3.8) is 0 Å². The zero-order valence-corrected chi connectivity index (χ0v) is 18.1. The van der Waals surface area contributed by atoms with Crippen LogP contribution in [-0.4, -0.2) is 53.1 Å². The second-order valence-corrected chi connectivity index (χ2v) is 9.62. The molecule has 1 saturated heterocycles. The predicted octanol–water partition coefficient (Wildman–Crippen LogP) is 2.29. The molecule has 2 aliphatic rings. The Morgan fingerprint density at radius 2 is 1.89 bits per heavy atom. The maximum absolute atomic E-state index is 12.8. The van der Waals surface area contributed by atoms with E-state index >= 15 is 0 Å². The predicted molar refractivity (Wildman–Crippen MR) is 113 cm³/mol. The fourth-order valence-electron chi connectivity index (χ4n) is 3.28. The molecule has 1 unspecified atom stereocenters. The van der Waals surface area contributed by atoms with Crippen molar-refractivity contribution in [2.75, 3.05) is 19.3 Å². The summed E-state index contributed by atoms with van der Waals surface area (Å²) >= 11 is 1.53. The van der Waals surface area contributed by atoms with Crippen LogP contribution in [0.2, 0.25) is 0 Å². The summed E-state index contributed by atoms with van der Waals surface area (Å²) in [4.78, 5) is 39.5. The van der Waals surface area contributed by atoms with Crippen molar-refractivity contribution in [1.82, 2.24) is 15.6 Å². The Morgan fingerprint density at radius 3 is 2.46 bits per heavy atom. The summed E-state index contributed by atoms with van der Waals surface area (Å²) in [5.41, 5.74) is 2.23. The third kappa shape index (κ3) is 6.96. The van der Waals surface area contributed by atoms with Crippen LogP contribution >= 0.6 is 11.8 Å². The Bertz CT molecular complexity index is 648. The van der Waals surface area contributed by atoms with Crippen molar-refractivity contribution >= 4 is 34.5 Å². The molecule has 1 aliphatic heterocycles. The van der Waals surface area contributed by atoms with Gasteiger partial charge < -0.3 is 10.2 Å². The number of carbonyl (C=O) groups is 3. The first-order valence-electron chi connectivity index (χ1n) is 9.93. The van der Waals surface area contributed by atoms with Gasteiger partial charge >= 0.3 is 5.91 Å². The van der Waals surface area contributed by atoms with Gasteiger partial charge in [0.25, 0.3) is 0 Å². The highest BCUT2D eigenvalue weighted by molar-refractivity contribution is 8.14. The highest BCUT2D eigenvalue weighted by Crippen LogP contribution is 2.27. The van der Waals surface area contributed by atoms with Gasteiger partial charge in [0, 0.05) is 19.3 Å². The Kier molecular flexibility index (Phi) is 8.10. The molecule has 1 atom stereocenters. The Morgan fingerprint density at radius 1 is 1.21 bits per heavy atom. The zero-order chi connectivity index (χ0) is 20.7. The monoisotopic (exact) mass is 408 g/mol. The number of hydrazone groups is 1. The van der Waals surface area contributed by atoms with E-state index in [0.717, 1.165) is 44.4 Å². The summed E-state index contributed by atoms with van der Waals surface area (Å²) in [6.07, 6.45) is 8.05. The second kappa shape index (κ2) is 10.1. The molecular formula is C20H32N4O3S. The molecule has 28 heavy (non-hydrogen) atoms. The molecule has 1 aliphatic carbocycles. The van der Waals surface area contributed by atoms with Gasteiger partial charge in [0.1, 0.15) is 6.04 Å². The molecule has 0 bridgehead atoms. The summed E-state index contributed by atoms with van der Waals surface area (Å²) in [6, 6.07) is -0.813. The lowest BCUT2D eigenvalue weighted by Crippen LogP contribution is -2.51. The molecule has 156 valence electrons. The number of ketones is 1. The maximum Gasteiger partial charge on any atom is 0.309 e. The van der Waals surface area contributed by atoms with Gasteiger partial charge in [-0.3, -0.25) is 14.4 Å². The van der Waals surface area contributed by atoms with Crippen LogP contribution < -0.4 is 10.7 Å². The lowest BCUT2D eigenvalue weighted by Gasteiger charge is -2.29. The van der Waals surface area contributed by atoms with Crippen LogP contribution in [0.1, 0.15) is 52.9 Å². The summed E-state index contributed by atoms with van der Waals surface area (Å²) in [5.74, 6) is -0.859. The molecule has 2 amide bonds. The largest absolute Gasteiger partial charge is 0.352 e. The van der Waals surface area contributed by atoms with Crippen molar-refractivity contribution in [2.45, 2.75) is 58.9 Å². The number of rotatable bonds is 6. The minimum Gasteiger partial charge on any atom is -0.352 e. The van der Waals surface area contributed by atoms with Gasteiger partial charge in [0.15, 0.2) is 5.17 Å². The zero-order valence-electron chi connectivity index (χ0n) is 17.3. The van der Waals surface area contributed by atoms with Crippen LogP contribution in [-0.2, 0) is 14.4 Å². The molecule has 0 aromatic carbocycles. The quantitative estimate of drug-likeness (QED) is 0.400. The number of thioether (sulfide) groups is 1. The Hall–Kier alpha value is -1.83. The number of Topliss-reactive ketones (excluding diaryl/α,β-unsaturated/α-hetero) is 1. The molecule has 0 aromatic rings. The van der Waals surface area contributed by atoms with Crippen molar-refractivity contribution < 1.29 is 14.4 Å². The van der Waals surface area contributed by atoms with Crippen molar-refractivity contribution in [3.8, 4) is 0 Å². The fourth-order valence-corrected chi connectivity index (χ4v) is 4.25. The summed E-state index contributed by atoms with van der Waals surface area (Å²) < 4.78 is 0. The number of hydrogen-bond donors (Lipinski definition) is 2. The van der Waals surface area contributed by atoms with E-state index in [2.05, 4.69) is 15.8 Å². The minimum atomic E-state index is -0.813. The number of amidine groups is 1. The normalized spacial score (nSPS) is 21.1. The van der Waals surface area contributed by atoms with Crippen LogP contribution in [0, 0.1) is 11.3 Å². The van der Waals surface area contributed by atoms with Crippen LogP contribution in [0.4, 0.5) is 0 Å². The smallest absolute Gasteiger partial charge is 0.309 e. The standard InChI is InChI=1S/C20H32N4O3S/c1-20(2,3)11-10-15(25)21-16(14-8-6-5-7-9-14)17(26)18(27)22-23-19-24(4)12-13-28-19/h10-11,14,16H,5-9,12-13H2,1-4H3,(H,21,25)(H,22,27)/b11-10+,23-19-. The summed E-state index contributed by atoms with van der Waals surface area (Å²) in [7, 11) is 1.89. The average Bonchev–Trinajstić information content (AvgIpc) is 3.07. The molecular weight excluding hydrogens is 376 g/mol. The Balaban J connectivity index is 2.06. The van der Waals surface area contributed by atoms with Gasteiger partial charge in [0.2, 0.25) is 11.7 Å². The number of amides is 2. The first kappa shape index (κ1) is 22.5. The van der Waals surface area contributed by atoms with Gasteiger partial charge in [-0.2, -0.15) is 0 Å². The minimum absolute atomic E-state index is 0.0184. The van der Waals surface area contributed by atoms with Gasteiger partial charge in [0.05, 0.1) is 0 Å². The fraction of sp³-hybridized carbons (Fsp3) is 0.700. The Labute approximate surface area is 171 Å². The molecule has 8 heteroatoms.